The highest BCUT2D eigenvalue weighted by atomic mass is 35.5. The number of nitrogens with zero attached hydrogens (tertiary/aromatic N) is 1. The Morgan fingerprint density at radius 2 is 1.97 bits per heavy atom. The van der Waals surface area contributed by atoms with E-state index in [9.17, 15) is 9.59 Å². The summed E-state index contributed by atoms with van der Waals surface area (Å²) in [4.78, 5) is 27.4. The molecular weight excluding hydrogens is 390 g/mol. The normalized spacial score (nSPS) is 16.3. The van der Waals surface area contributed by atoms with Crippen LogP contribution in [0.15, 0.2) is 72.5 Å². The number of carbonyl (C=O) groups is 2. The fourth-order valence-corrected chi connectivity index (χ4v) is 3.39. The van der Waals surface area contributed by atoms with Crippen LogP contribution in [0, 0.1) is 0 Å². The van der Waals surface area contributed by atoms with Gasteiger partial charge in [-0.25, -0.2) is 4.79 Å². The molecule has 6 nitrogen and oxygen atoms in total. The standard InChI is InChI=1S/C22H22ClN3O3/c1-4-13-26-14(2)19(21(27)24-17-7-5-6-8-18(17)29-3)20(25-22(26)28)15-9-11-16(23)12-10-15/h4-12,20H,1,13H2,2-3H3,(H,24,27)(H,25,28)/t20-/m1/s1. The third-order valence-electron chi connectivity index (χ3n) is 4.71. The van der Waals surface area contributed by atoms with E-state index in [0.717, 1.165) is 5.56 Å². The molecular formula is C22H22ClN3O3. The van der Waals surface area contributed by atoms with Crippen LogP contribution in [0.25, 0.3) is 0 Å². The van der Waals surface area contributed by atoms with Crippen molar-refractivity contribution in [1.29, 1.82) is 0 Å². The number of anilines is 1. The lowest BCUT2D eigenvalue weighted by atomic mass is 9.94. The van der Waals surface area contributed by atoms with Crippen molar-refractivity contribution in [2.45, 2.75) is 13.0 Å². The van der Waals surface area contributed by atoms with Gasteiger partial charge in [0.15, 0.2) is 0 Å². The minimum absolute atomic E-state index is 0.288. The molecule has 29 heavy (non-hydrogen) atoms. The second-order valence-corrected chi connectivity index (χ2v) is 6.92. The molecule has 2 aromatic rings. The Kier molecular flexibility index (Phi) is 6.24. The van der Waals surface area contributed by atoms with Crippen LogP contribution in [0.3, 0.4) is 0 Å². The molecule has 0 fully saturated rings. The maximum atomic E-state index is 13.3. The Labute approximate surface area is 174 Å². The van der Waals surface area contributed by atoms with Gasteiger partial charge in [0.25, 0.3) is 5.91 Å². The van der Waals surface area contributed by atoms with Crippen LogP contribution in [0.4, 0.5) is 10.5 Å². The van der Waals surface area contributed by atoms with Gasteiger partial charge in [0.1, 0.15) is 5.75 Å². The Morgan fingerprint density at radius 3 is 2.62 bits per heavy atom. The van der Waals surface area contributed by atoms with Crippen molar-refractivity contribution in [2.75, 3.05) is 19.0 Å². The quantitative estimate of drug-likeness (QED) is 0.687. The van der Waals surface area contributed by atoms with Gasteiger partial charge in [0.2, 0.25) is 0 Å². The summed E-state index contributed by atoms with van der Waals surface area (Å²) in [6.45, 7) is 5.74. The summed E-state index contributed by atoms with van der Waals surface area (Å²) in [5.74, 6) is 0.214. The smallest absolute Gasteiger partial charge is 0.322 e. The molecule has 3 amide bonds. The van der Waals surface area contributed by atoms with Gasteiger partial charge in [-0.15, -0.1) is 6.58 Å². The monoisotopic (exact) mass is 411 g/mol. The topological polar surface area (TPSA) is 70.7 Å². The molecule has 2 N–H and O–H groups in total. The first kappa shape index (κ1) is 20.5. The highest BCUT2D eigenvalue weighted by Gasteiger charge is 2.35. The van der Waals surface area contributed by atoms with E-state index < -0.39 is 6.04 Å². The van der Waals surface area contributed by atoms with Gasteiger partial charge >= 0.3 is 6.03 Å². The van der Waals surface area contributed by atoms with Crippen molar-refractivity contribution < 1.29 is 14.3 Å². The Balaban J connectivity index is 2.04. The van der Waals surface area contributed by atoms with Crippen molar-refractivity contribution in [3.63, 3.8) is 0 Å². The van der Waals surface area contributed by atoms with Gasteiger partial charge in [0.05, 0.1) is 24.4 Å². The van der Waals surface area contributed by atoms with E-state index in [-0.39, 0.29) is 18.5 Å². The molecule has 0 aliphatic carbocycles. The Bertz CT molecular complexity index is 970. The van der Waals surface area contributed by atoms with Crippen molar-refractivity contribution in [3.8, 4) is 5.75 Å². The number of amides is 3. The van der Waals surface area contributed by atoms with E-state index in [1.165, 1.54) is 4.90 Å². The lowest BCUT2D eigenvalue weighted by Gasteiger charge is -2.35. The average molecular weight is 412 g/mol. The molecule has 150 valence electrons. The largest absolute Gasteiger partial charge is 0.495 e. The molecule has 0 spiro atoms. The molecule has 0 aromatic heterocycles. The molecule has 0 saturated heterocycles. The van der Waals surface area contributed by atoms with Gasteiger partial charge in [-0.2, -0.15) is 0 Å². The number of halogens is 1. The van der Waals surface area contributed by atoms with Gasteiger partial charge in [0, 0.05) is 17.3 Å². The molecule has 7 heteroatoms. The van der Waals surface area contributed by atoms with Gasteiger partial charge in [-0.1, -0.05) is 41.9 Å². The van der Waals surface area contributed by atoms with E-state index in [0.29, 0.717) is 27.7 Å². The minimum Gasteiger partial charge on any atom is -0.495 e. The van der Waals surface area contributed by atoms with E-state index in [2.05, 4.69) is 17.2 Å². The lowest BCUT2D eigenvalue weighted by Crippen LogP contribution is -2.48. The summed E-state index contributed by atoms with van der Waals surface area (Å²) in [6, 6.07) is 13.3. The average Bonchev–Trinajstić information content (AvgIpc) is 2.71. The Hall–Kier alpha value is -3.25. The molecule has 0 unspecified atom stereocenters. The summed E-state index contributed by atoms with van der Waals surface area (Å²) in [6.07, 6.45) is 1.61. The number of hydrogen-bond donors (Lipinski definition) is 2. The molecule has 0 bridgehead atoms. The summed E-state index contributed by atoms with van der Waals surface area (Å²) >= 11 is 6.00. The zero-order chi connectivity index (χ0) is 21.0. The molecule has 2 aromatic carbocycles. The number of urea groups is 1. The molecule has 1 atom stereocenters. The third kappa shape index (κ3) is 4.27. The van der Waals surface area contributed by atoms with Gasteiger partial charge < -0.3 is 15.4 Å². The van der Waals surface area contributed by atoms with Crippen molar-refractivity contribution in [2.24, 2.45) is 0 Å². The van der Waals surface area contributed by atoms with Crippen molar-refractivity contribution in [3.05, 3.63) is 83.0 Å². The van der Waals surface area contributed by atoms with Crippen LogP contribution in [0.5, 0.6) is 5.75 Å². The van der Waals surface area contributed by atoms with E-state index >= 15 is 0 Å². The molecule has 1 aliphatic heterocycles. The molecule has 1 heterocycles. The fraction of sp³-hybridized carbons (Fsp3) is 0.182. The van der Waals surface area contributed by atoms with Crippen LogP contribution in [-0.4, -0.2) is 30.5 Å². The van der Waals surface area contributed by atoms with Crippen LogP contribution >= 0.6 is 11.6 Å². The highest BCUT2D eigenvalue weighted by molar-refractivity contribution is 6.30. The number of ether oxygens (including phenoxy) is 1. The van der Waals surface area contributed by atoms with Crippen LogP contribution in [0.2, 0.25) is 5.02 Å². The summed E-state index contributed by atoms with van der Waals surface area (Å²) in [7, 11) is 1.54. The highest BCUT2D eigenvalue weighted by Crippen LogP contribution is 2.33. The maximum Gasteiger partial charge on any atom is 0.322 e. The maximum absolute atomic E-state index is 13.3. The van der Waals surface area contributed by atoms with Crippen LogP contribution < -0.4 is 15.4 Å². The van der Waals surface area contributed by atoms with Crippen molar-refractivity contribution >= 4 is 29.2 Å². The van der Waals surface area contributed by atoms with Gasteiger partial charge in [-0.3, -0.25) is 9.69 Å². The summed E-state index contributed by atoms with van der Waals surface area (Å²) < 4.78 is 5.32. The second-order valence-electron chi connectivity index (χ2n) is 6.49. The number of benzene rings is 2. The molecule has 1 aliphatic rings. The number of hydrogen-bond acceptors (Lipinski definition) is 3. The predicted octanol–water partition coefficient (Wildman–Crippen LogP) is 4.51. The first-order valence-corrected chi connectivity index (χ1v) is 9.43. The number of allylic oxidation sites excluding steroid dienone is 1. The van der Waals surface area contributed by atoms with E-state index in [1.54, 1.807) is 56.5 Å². The fourth-order valence-electron chi connectivity index (χ4n) is 3.27. The number of nitrogens with one attached hydrogen (secondary N) is 2. The molecule has 3 rings (SSSR count). The summed E-state index contributed by atoms with van der Waals surface area (Å²) in [5, 5.41) is 6.38. The second kappa shape index (κ2) is 8.84. The van der Waals surface area contributed by atoms with Crippen LogP contribution in [0.1, 0.15) is 18.5 Å². The van der Waals surface area contributed by atoms with E-state index in [1.807, 2.05) is 12.1 Å². The van der Waals surface area contributed by atoms with Crippen LogP contribution in [-0.2, 0) is 4.79 Å². The zero-order valence-corrected chi connectivity index (χ0v) is 17.0. The first-order valence-electron chi connectivity index (χ1n) is 9.05. The van der Waals surface area contributed by atoms with E-state index in [4.69, 9.17) is 16.3 Å². The first-order chi connectivity index (χ1) is 14.0. The minimum atomic E-state index is -0.615. The van der Waals surface area contributed by atoms with Gasteiger partial charge in [-0.05, 0) is 36.8 Å². The number of carbonyl (C=O) groups excluding carboxylic acids is 2. The molecule has 0 radical (unpaired) electrons. The summed E-state index contributed by atoms with van der Waals surface area (Å²) in [5.41, 5.74) is 2.29. The number of para-hydroxylation sites is 2. The number of methoxy groups -OCH3 is 1. The third-order valence-corrected chi connectivity index (χ3v) is 4.96. The SMILES string of the molecule is C=CCN1C(=O)N[C@H](c2ccc(Cl)cc2)C(C(=O)Nc2ccccc2OC)=C1C. The number of rotatable bonds is 6. The Morgan fingerprint density at radius 1 is 1.28 bits per heavy atom. The van der Waals surface area contributed by atoms with Crippen molar-refractivity contribution in [1.82, 2.24) is 10.2 Å². The predicted molar refractivity (Wildman–Crippen MR) is 114 cm³/mol. The lowest BCUT2D eigenvalue weighted by molar-refractivity contribution is -0.113. The molecule has 0 saturated carbocycles. The zero-order valence-electron chi connectivity index (χ0n) is 16.2.